The van der Waals surface area contributed by atoms with Gasteiger partial charge in [0.25, 0.3) is 0 Å². The molecule has 0 bridgehead atoms. The molecule has 1 aromatic heterocycles. The van der Waals surface area contributed by atoms with Crippen LogP contribution in [-0.4, -0.2) is 21.0 Å². The summed E-state index contributed by atoms with van der Waals surface area (Å²) >= 11 is 4.81. The van der Waals surface area contributed by atoms with Crippen LogP contribution in [0.2, 0.25) is 0 Å². The van der Waals surface area contributed by atoms with Crippen LogP contribution < -0.4 is 0 Å². The Morgan fingerprint density at radius 1 is 1.41 bits per heavy atom. The van der Waals surface area contributed by atoms with E-state index in [2.05, 4.69) is 9.97 Å². The third kappa shape index (κ3) is 2.21. The number of carboxylic acid groups (broad SMARTS) is 1. The first-order chi connectivity index (χ1) is 8.09. The molecule has 0 saturated heterocycles. The Morgan fingerprint density at radius 2 is 2.12 bits per heavy atom. The van der Waals surface area contributed by atoms with Gasteiger partial charge in [-0.1, -0.05) is 12.1 Å². The highest BCUT2D eigenvalue weighted by Gasteiger charge is 2.15. The molecule has 2 aromatic rings. The maximum absolute atomic E-state index is 13.6. The van der Waals surface area contributed by atoms with E-state index in [1.807, 2.05) is 0 Å². The molecule has 0 aliphatic rings. The zero-order valence-electron chi connectivity index (χ0n) is 8.48. The van der Waals surface area contributed by atoms with Crippen LogP contribution in [0.4, 0.5) is 4.39 Å². The number of hydrogen-bond donors (Lipinski definition) is 2. The molecule has 0 unspecified atom stereocenters. The number of benzene rings is 1. The molecule has 86 valence electrons. The Kier molecular flexibility index (Phi) is 2.97. The van der Waals surface area contributed by atoms with Crippen molar-refractivity contribution in [2.24, 2.45) is 0 Å². The summed E-state index contributed by atoms with van der Waals surface area (Å²) in [5.74, 6) is -1.71. The molecule has 4 nitrogen and oxygen atoms in total. The van der Waals surface area contributed by atoms with Gasteiger partial charge in [-0.3, -0.25) is 0 Å². The van der Waals surface area contributed by atoms with E-state index in [0.29, 0.717) is 0 Å². The zero-order valence-corrected chi connectivity index (χ0v) is 9.29. The molecule has 0 aliphatic carbocycles. The average Bonchev–Trinajstić information content (AvgIpc) is 2.29. The summed E-state index contributed by atoms with van der Waals surface area (Å²) in [6, 6.07) is 5.86. The Morgan fingerprint density at radius 3 is 2.76 bits per heavy atom. The van der Waals surface area contributed by atoms with Gasteiger partial charge >= 0.3 is 5.97 Å². The van der Waals surface area contributed by atoms with E-state index < -0.39 is 11.8 Å². The summed E-state index contributed by atoms with van der Waals surface area (Å²) in [6.45, 7) is 0. The predicted octanol–water partition coefficient (Wildman–Crippen LogP) is 2.64. The summed E-state index contributed by atoms with van der Waals surface area (Å²) in [5.41, 5.74) is 0.151. The molecule has 0 saturated carbocycles. The van der Waals surface area contributed by atoms with E-state index in [4.69, 9.17) is 17.3 Å². The molecule has 17 heavy (non-hydrogen) atoms. The number of aromatic carboxylic acids is 1. The Labute approximate surface area is 101 Å². The molecule has 6 heteroatoms. The van der Waals surface area contributed by atoms with Gasteiger partial charge in [-0.25, -0.2) is 14.2 Å². The number of aromatic nitrogens is 2. The van der Waals surface area contributed by atoms with Crippen molar-refractivity contribution in [3.63, 3.8) is 0 Å². The lowest BCUT2D eigenvalue weighted by molar-refractivity contribution is 0.0697. The monoisotopic (exact) mass is 250 g/mol. The second kappa shape index (κ2) is 4.42. The second-order valence-corrected chi connectivity index (χ2v) is 3.65. The summed E-state index contributed by atoms with van der Waals surface area (Å²) in [6.07, 6.45) is 1.11. The molecule has 0 aliphatic heterocycles. The van der Waals surface area contributed by atoms with Gasteiger partial charge in [-0.05, 0) is 24.4 Å². The van der Waals surface area contributed by atoms with E-state index in [1.165, 1.54) is 18.2 Å². The maximum Gasteiger partial charge on any atom is 0.339 e. The lowest BCUT2D eigenvalue weighted by atomic mass is 10.1. The molecular weight excluding hydrogens is 243 g/mol. The first-order valence-electron chi connectivity index (χ1n) is 4.67. The fourth-order valence-corrected chi connectivity index (χ4v) is 1.59. The number of nitrogens with one attached hydrogen (secondary N) is 1. The van der Waals surface area contributed by atoms with Crippen molar-refractivity contribution in [1.82, 2.24) is 9.97 Å². The summed E-state index contributed by atoms with van der Waals surface area (Å²) in [4.78, 5) is 17.3. The summed E-state index contributed by atoms with van der Waals surface area (Å²) in [7, 11) is 0. The topological polar surface area (TPSA) is 66.0 Å². The van der Waals surface area contributed by atoms with E-state index in [9.17, 15) is 9.18 Å². The summed E-state index contributed by atoms with van der Waals surface area (Å²) < 4.78 is 13.7. The van der Waals surface area contributed by atoms with Crippen molar-refractivity contribution in [3.8, 4) is 11.3 Å². The van der Waals surface area contributed by atoms with Gasteiger partial charge in [-0.15, -0.1) is 0 Å². The zero-order chi connectivity index (χ0) is 12.4. The molecule has 1 heterocycles. The second-order valence-electron chi connectivity index (χ2n) is 3.26. The minimum Gasteiger partial charge on any atom is -0.478 e. The third-order valence-electron chi connectivity index (χ3n) is 2.19. The lowest BCUT2D eigenvalue weighted by Gasteiger charge is -2.06. The fraction of sp³-hybridized carbons (Fsp3) is 0. The number of hydrogen-bond acceptors (Lipinski definition) is 3. The molecule has 2 N–H and O–H groups in total. The van der Waals surface area contributed by atoms with Crippen LogP contribution >= 0.6 is 12.2 Å². The van der Waals surface area contributed by atoms with Crippen LogP contribution in [0.5, 0.6) is 0 Å². The highest BCUT2D eigenvalue weighted by Crippen LogP contribution is 2.23. The molecule has 0 atom stereocenters. The number of carbonyl (C=O) groups is 1. The predicted molar refractivity (Wildman–Crippen MR) is 61.8 cm³/mol. The van der Waals surface area contributed by atoms with Crippen molar-refractivity contribution < 1.29 is 14.3 Å². The highest BCUT2D eigenvalue weighted by atomic mass is 32.1. The molecule has 0 fully saturated rings. The Balaban J connectivity index is 2.74. The van der Waals surface area contributed by atoms with Crippen LogP contribution in [0.3, 0.4) is 0 Å². The normalized spacial score (nSPS) is 10.2. The van der Waals surface area contributed by atoms with Gasteiger partial charge in [0.05, 0.1) is 5.69 Å². The van der Waals surface area contributed by atoms with Crippen molar-refractivity contribution in [2.75, 3.05) is 0 Å². The van der Waals surface area contributed by atoms with Crippen molar-refractivity contribution in [3.05, 3.63) is 46.6 Å². The van der Waals surface area contributed by atoms with E-state index in [1.54, 1.807) is 6.07 Å². The lowest BCUT2D eigenvalue weighted by Crippen LogP contribution is -2.04. The largest absolute Gasteiger partial charge is 0.478 e. The Bertz CT molecular complexity index is 639. The van der Waals surface area contributed by atoms with Crippen LogP contribution in [0.25, 0.3) is 11.3 Å². The molecule has 0 radical (unpaired) electrons. The standard InChI is InChI=1S/C11H7FN2O2S/c12-8-4-2-1-3-6(8)9-7(10(15)16)5-13-11(17)14-9/h1-5H,(H,15,16)(H,13,14,17). The molecule has 0 spiro atoms. The number of nitrogens with zero attached hydrogens (tertiary/aromatic N) is 1. The first-order valence-corrected chi connectivity index (χ1v) is 5.08. The van der Waals surface area contributed by atoms with E-state index in [0.717, 1.165) is 6.20 Å². The van der Waals surface area contributed by atoms with Gasteiger partial charge in [0.1, 0.15) is 11.4 Å². The maximum atomic E-state index is 13.6. The SMILES string of the molecule is O=C(O)c1cnc(=S)[nH]c1-c1ccccc1F. The van der Waals surface area contributed by atoms with E-state index >= 15 is 0 Å². The van der Waals surface area contributed by atoms with Crippen LogP contribution in [0.15, 0.2) is 30.5 Å². The molecule has 1 aromatic carbocycles. The van der Waals surface area contributed by atoms with Crippen LogP contribution in [0, 0.1) is 10.6 Å². The smallest absolute Gasteiger partial charge is 0.339 e. The quantitative estimate of drug-likeness (QED) is 0.804. The average molecular weight is 250 g/mol. The number of aromatic amines is 1. The highest BCUT2D eigenvalue weighted by molar-refractivity contribution is 7.71. The third-order valence-corrected chi connectivity index (χ3v) is 2.39. The van der Waals surface area contributed by atoms with Crippen LogP contribution in [-0.2, 0) is 0 Å². The van der Waals surface area contributed by atoms with Crippen molar-refractivity contribution in [2.45, 2.75) is 0 Å². The molecular formula is C11H7FN2O2S. The van der Waals surface area contributed by atoms with Gasteiger partial charge in [-0.2, -0.15) is 0 Å². The van der Waals surface area contributed by atoms with E-state index in [-0.39, 0.29) is 21.6 Å². The van der Waals surface area contributed by atoms with Crippen molar-refractivity contribution >= 4 is 18.2 Å². The van der Waals surface area contributed by atoms with Gasteiger partial charge < -0.3 is 10.1 Å². The van der Waals surface area contributed by atoms with Gasteiger partial charge in [0, 0.05) is 11.8 Å². The minimum atomic E-state index is -1.19. The van der Waals surface area contributed by atoms with Gasteiger partial charge in [0.2, 0.25) is 0 Å². The minimum absolute atomic E-state index is 0.105. The fourth-order valence-electron chi connectivity index (χ4n) is 1.43. The Hall–Kier alpha value is -2.08. The van der Waals surface area contributed by atoms with Crippen LogP contribution in [0.1, 0.15) is 10.4 Å². The number of halogens is 1. The summed E-state index contributed by atoms with van der Waals surface area (Å²) in [5, 5.41) is 8.99. The number of carboxylic acids is 1. The van der Waals surface area contributed by atoms with Gasteiger partial charge in [0.15, 0.2) is 4.77 Å². The molecule has 0 amide bonds. The first kappa shape index (κ1) is 11.4. The molecule has 2 rings (SSSR count). The number of rotatable bonds is 2. The van der Waals surface area contributed by atoms with Crippen molar-refractivity contribution in [1.29, 1.82) is 0 Å². The number of H-pyrrole nitrogens is 1.